The average Bonchev–Trinajstić information content (AvgIpc) is 2.98. The molecule has 0 unspecified atom stereocenters. The third-order valence-electron chi connectivity index (χ3n) is 3.95. The largest absolute Gasteiger partial charge is 0.345 e. The second-order valence-electron chi connectivity index (χ2n) is 5.77. The van der Waals surface area contributed by atoms with Gasteiger partial charge in [0, 0.05) is 37.0 Å². The van der Waals surface area contributed by atoms with E-state index in [0.29, 0.717) is 0 Å². The van der Waals surface area contributed by atoms with E-state index >= 15 is 0 Å². The molecule has 6 heteroatoms. The maximum absolute atomic E-state index is 12.1. The number of thioether (sulfide) groups is 1. The van der Waals surface area contributed by atoms with Gasteiger partial charge in [0.1, 0.15) is 0 Å². The Morgan fingerprint density at radius 1 is 1.27 bits per heavy atom. The van der Waals surface area contributed by atoms with Crippen molar-refractivity contribution in [2.45, 2.75) is 18.7 Å². The highest BCUT2D eigenvalue weighted by atomic mass is 32.2. The Morgan fingerprint density at radius 2 is 2.00 bits per heavy atom. The van der Waals surface area contributed by atoms with Crippen LogP contribution in [0.25, 0.3) is 10.2 Å². The molecule has 1 amide bonds. The molecule has 2 aromatic rings. The van der Waals surface area contributed by atoms with Crippen LogP contribution in [0.2, 0.25) is 0 Å². The van der Waals surface area contributed by atoms with Crippen LogP contribution in [0.1, 0.15) is 13.8 Å². The minimum absolute atomic E-state index is 0.0816. The van der Waals surface area contributed by atoms with Gasteiger partial charge in [0.15, 0.2) is 5.13 Å². The van der Waals surface area contributed by atoms with Crippen molar-refractivity contribution in [1.29, 1.82) is 0 Å². The third-order valence-corrected chi connectivity index (χ3v) is 5.80. The fourth-order valence-corrected chi connectivity index (χ4v) is 4.37. The van der Waals surface area contributed by atoms with Crippen LogP contribution in [-0.2, 0) is 4.79 Å². The number of hydrogen-bond donors (Lipinski definition) is 0. The summed E-state index contributed by atoms with van der Waals surface area (Å²) >= 11 is 3.49. The highest BCUT2D eigenvalue weighted by Crippen LogP contribution is 2.34. The Labute approximate surface area is 139 Å². The summed E-state index contributed by atoms with van der Waals surface area (Å²) in [5, 5.41) is 1.08. The second-order valence-corrected chi connectivity index (χ2v) is 7.63. The van der Waals surface area contributed by atoms with E-state index < -0.39 is 0 Å². The fourth-order valence-electron chi connectivity index (χ4n) is 2.69. The molecule has 118 valence electrons. The standard InChI is InChI=1S/C16H21N3OS2/c1-11(2)15(20)18-7-9-19(10-8-18)16-17-14-12(21-3)5-4-6-13(14)22-16/h4-6,11H,7-10H2,1-3H3. The summed E-state index contributed by atoms with van der Waals surface area (Å²) < 4.78 is 1.24. The van der Waals surface area contributed by atoms with Crippen molar-refractivity contribution < 1.29 is 4.79 Å². The number of carbonyl (C=O) groups excluding carboxylic acids is 1. The SMILES string of the molecule is CSc1cccc2sc(N3CCN(C(=O)C(C)C)CC3)nc12. The molecule has 3 rings (SSSR count). The molecule has 0 N–H and O–H groups in total. The number of benzene rings is 1. The number of piperazine rings is 1. The van der Waals surface area contributed by atoms with Gasteiger partial charge in [-0.1, -0.05) is 31.3 Å². The first-order chi connectivity index (χ1) is 10.6. The number of rotatable bonds is 3. The zero-order valence-electron chi connectivity index (χ0n) is 13.2. The van der Waals surface area contributed by atoms with Crippen molar-refractivity contribution in [1.82, 2.24) is 9.88 Å². The fraction of sp³-hybridized carbons (Fsp3) is 0.500. The maximum atomic E-state index is 12.1. The van der Waals surface area contributed by atoms with Gasteiger partial charge in [-0.2, -0.15) is 0 Å². The molecule has 1 aliphatic rings. The highest BCUT2D eigenvalue weighted by Gasteiger charge is 2.24. The normalized spacial score (nSPS) is 15.8. The summed E-state index contributed by atoms with van der Waals surface area (Å²) in [7, 11) is 0. The molecule has 1 aliphatic heterocycles. The molecule has 0 radical (unpaired) electrons. The molecule has 1 saturated heterocycles. The van der Waals surface area contributed by atoms with E-state index in [9.17, 15) is 4.79 Å². The van der Waals surface area contributed by atoms with Gasteiger partial charge in [0.25, 0.3) is 0 Å². The van der Waals surface area contributed by atoms with E-state index in [0.717, 1.165) is 36.8 Å². The average molecular weight is 335 g/mol. The predicted octanol–water partition coefficient (Wildman–Crippen LogP) is 3.32. The van der Waals surface area contributed by atoms with Gasteiger partial charge >= 0.3 is 0 Å². The Bertz CT molecular complexity index is 675. The number of aromatic nitrogens is 1. The predicted molar refractivity (Wildman–Crippen MR) is 95.0 cm³/mol. The number of nitrogens with zero attached hydrogens (tertiary/aromatic N) is 3. The van der Waals surface area contributed by atoms with E-state index in [2.05, 4.69) is 29.4 Å². The number of anilines is 1. The second kappa shape index (κ2) is 6.46. The monoisotopic (exact) mass is 335 g/mol. The summed E-state index contributed by atoms with van der Waals surface area (Å²) in [6.07, 6.45) is 2.09. The molecular weight excluding hydrogens is 314 g/mol. The topological polar surface area (TPSA) is 36.4 Å². The van der Waals surface area contributed by atoms with Gasteiger partial charge < -0.3 is 9.80 Å². The lowest BCUT2D eigenvalue weighted by atomic mass is 10.2. The molecule has 2 heterocycles. The molecule has 0 aliphatic carbocycles. The number of para-hydroxylation sites is 1. The number of carbonyl (C=O) groups is 1. The highest BCUT2D eigenvalue weighted by molar-refractivity contribution is 7.98. The quantitative estimate of drug-likeness (QED) is 0.806. The molecular formula is C16H21N3OS2. The van der Waals surface area contributed by atoms with Crippen molar-refractivity contribution in [3.05, 3.63) is 18.2 Å². The molecule has 0 bridgehead atoms. The van der Waals surface area contributed by atoms with Crippen LogP contribution < -0.4 is 4.90 Å². The third kappa shape index (κ3) is 2.94. The van der Waals surface area contributed by atoms with Crippen molar-refractivity contribution in [3.63, 3.8) is 0 Å². The van der Waals surface area contributed by atoms with Crippen LogP contribution >= 0.6 is 23.1 Å². The van der Waals surface area contributed by atoms with Gasteiger partial charge in [-0.05, 0) is 18.4 Å². The molecule has 4 nitrogen and oxygen atoms in total. The van der Waals surface area contributed by atoms with Crippen molar-refractivity contribution in [3.8, 4) is 0 Å². The number of hydrogen-bond acceptors (Lipinski definition) is 5. The van der Waals surface area contributed by atoms with E-state index in [1.807, 2.05) is 18.7 Å². The van der Waals surface area contributed by atoms with Crippen molar-refractivity contribution in [2.24, 2.45) is 5.92 Å². The zero-order valence-corrected chi connectivity index (χ0v) is 14.8. The summed E-state index contributed by atoms with van der Waals surface area (Å²) in [5.74, 6) is 0.340. The first-order valence-corrected chi connectivity index (χ1v) is 9.61. The smallest absolute Gasteiger partial charge is 0.225 e. The van der Waals surface area contributed by atoms with Crippen molar-refractivity contribution in [2.75, 3.05) is 37.3 Å². The Balaban J connectivity index is 1.75. The van der Waals surface area contributed by atoms with Gasteiger partial charge in [0.05, 0.1) is 10.2 Å². The van der Waals surface area contributed by atoms with Gasteiger partial charge in [-0.3, -0.25) is 4.79 Å². The molecule has 0 saturated carbocycles. The van der Waals surface area contributed by atoms with E-state index in [-0.39, 0.29) is 11.8 Å². The first-order valence-electron chi connectivity index (χ1n) is 7.57. The lowest BCUT2D eigenvalue weighted by Gasteiger charge is -2.35. The van der Waals surface area contributed by atoms with E-state index in [1.54, 1.807) is 23.1 Å². The molecule has 22 heavy (non-hydrogen) atoms. The summed E-state index contributed by atoms with van der Waals surface area (Å²) in [6.45, 7) is 7.25. The minimum Gasteiger partial charge on any atom is -0.345 e. The van der Waals surface area contributed by atoms with Gasteiger partial charge in [-0.15, -0.1) is 11.8 Å². The lowest BCUT2D eigenvalue weighted by molar-refractivity contribution is -0.134. The van der Waals surface area contributed by atoms with Crippen LogP contribution in [0.4, 0.5) is 5.13 Å². The molecule has 0 spiro atoms. The van der Waals surface area contributed by atoms with Crippen LogP contribution in [0.3, 0.4) is 0 Å². The minimum atomic E-state index is 0.0816. The molecule has 1 fully saturated rings. The number of amides is 1. The summed E-state index contributed by atoms with van der Waals surface area (Å²) in [6, 6.07) is 6.35. The first kappa shape index (κ1) is 15.6. The van der Waals surface area contributed by atoms with Gasteiger partial charge in [-0.25, -0.2) is 4.98 Å². The van der Waals surface area contributed by atoms with Gasteiger partial charge in [0.2, 0.25) is 5.91 Å². The van der Waals surface area contributed by atoms with Crippen LogP contribution in [-0.4, -0.2) is 48.2 Å². The summed E-state index contributed by atoms with van der Waals surface area (Å²) in [5.41, 5.74) is 1.11. The molecule has 1 aromatic heterocycles. The molecule has 0 atom stereocenters. The van der Waals surface area contributed by atoms with E-state index in [4.69, 9.17) is 4.98 Å². The number of thiazole rings is 1. The van der Waals surface area contributed by atoms with E-state index in [1.165, 1.54) is 9.60 Å². The Hall–Kier alpha value is -1.27. The maximum Gasteiger partial charge on any atom is 0.225 e. The Morgan fingerprint density at radius 3 is 2.64 bits per heavy atom. The van der Waals surface area contributed by atoms with Crippen LogP contribution in [0.5, 0.6) is 0 Å². The molecule has 1 aromatic carbocycles. The van der Waals surface area contributed by atoms with Crippen LogP contribution in [0, 0.1) is 5.92 Å². The van der Waals surface area contributed by atoms with Crippen molar-refractivity contribution >= 4 is 44.4 Å². The number of fused-ring (bicyclic) bond motifs is 1. The zero-order chi connectivity index (χ0) is 15.7. The lowest BCUT2D eigenvalue weighted by Crippen LogP contribution is -2.49. The Kier molecular flexibility index (Phi) is 4.59. The summed E-state index contributed by atoms with van der Waals surface area (Å²) in [4.78, 5) is 22.4. The van der Waals surface area contributed by atoms with Crippen LogP contribution in [0.15, 0.2) is 23.1 Å².